The molecule has 0 N–H and O–H groups in total. The van der Waals surface area contributed by atoms with Gasteiger partial charge in [-0.25, -0.2) is 0 Å². The first-order valence-corrected chi connectivity index (χ1v) is 7.35. The van der Waals surface area contributed by atoms with Crippen molar-refractivity contribution in [2.24, 2.45) is 0 Å². The standard InChI is InChI=1S/C17H14S/c1-11-6-7-17-15(8-11)14-9-12-4-2-3-5-13(12)16(14)10-18-17/h2-8H,9-10H2,1H3. The molecule has 1 aliphatic heterocycles. The number of aryl methyl sites for hydroxylation is 1. The van der Waals surface area contributed by atoms with Crippen LogP contribution < -0.4 is 0 Å². The highest BCUT2D eigenvalue weighted by molar-refractivity contribution is 7.99. The Morgan fingerprint density at radius 3 is 2.78 bits per heavy atom. The Bertz CT molecular complexity index is 680. The molecule has 0 nitrogen and oxygen atoms in total. The third kappa shape index (κ3) is 1.40. The van der Waals surface area contributed by atoms with Crippen molar-refractivity contribution in [1.82, 2.24) is 0 Å². The molecule has 2 aromatic carbocycles. The number of benzene rings is 2. The highest BCUT2D eigenvalue weighted by atomic mass is 32.2. The Morgan fingerprint density at radius 2 is 1.83 bits per heavy atom. The highest BCUT2D eigenvalue weighted by Crippen LogP contribution is 2.47. The number of allylic oxidation sites excluding steroid dienone is 1. The fraction of sp³-hybridized carbons (Fsp3) is 0.176. The van der Waals surface area contributed by atoms with E-state index in [4.69, 9.17) is 0 Å². The summed E-state index contributed by atoms with van der Waals surface area (Å²) in [6, 6.07) is 15.7. The fourth-order valence-electron chi connectivity index (χ4n) is 3.01. The van der Waals surface area contributed by atoms with Gasteiger partial charge in [0.05, 0.1) is 0 Å². The second-order valence-electron chi connectivity index (χ2n) is 5.08. The summed E-state index contributed by atoms with van der Waals surface area (Å²) in [5, 5.41) is 0. The van der Waals surface area contributed by atoms with E-state index in [1.54, 1.807) is 11.1 Å². The third-order valence-corrected chi connectivity index (χ3v) is 5.01. The van der Waals surface area contributed by atoms with Crippen LogP contribution in [0.15, 0.2) is 47.4 Å². The van der Waals surface area contributed by atoms with E-state index in [2.05, 4.69) is 49.4 Å². The summed E-state index contributed by atoms with van der Waals surface area (Å²) in [7, 11) is 0. The SMILES string of the molecule is Cc1ccc2c(c1)C1=C(CS2)c2ccccc2C1. The van der Waals surface area contributed by atoms with E-state index in [0.717, 1.165) is 12.2 Å². The molecule has 0 amide bonds. The lowest BCUT2D eigenvalue weighted by Crippen LogP contribution is -1.98. The molecule has 0 atom stereocenters. The van der Waals surface area contributed by atoms with Gasteiger partial charge in [-0.15, -0.1) is 11.8 Å². The van der Waals surface area contributed by atoms with Gasteiger partial charge < -0.3 is 0 Å². The zero-order valence-electron chi connectivity index (χ0n) is 10.4. The topological polar surface area (TPSA) is 0 Å². The molecule has 0 spiro atoms. The molecule has 1 heterocycles. The number of fused-ring (bicyclic) bond motifs is 4. The minimum atomic E-state index is 1.11. The predicted octanol–water partition coefficient (Wildman–Crippen LogP) is 4.57. The molecule has 0 radical (unpaired) electrons. The van der Waals surface area contributed by atoms with Crippen molar-refractivity contribution < 1.29 is 0 Å². The largest absolute Gasteiger partial charge is 0.121 e. The van der Waals surface area contributed by atoms with Crippen LogP contribution in [0.1, 0.15) is 22.3 Å². The maximum atomic E-state index is 2.35. The van der Waals surface area contributed by atoms with Crippen molar-refractivity contribution in [3.05, 3.63) is 64.7 Å². The van der Waals surface area contributed by atoms with Gasteiger partial charge in [0.2, 0.25) is 0 Å². The van der Waals surface area contributed by atoms with Gasteiger partial charge in [0, 0.05) is 10.6 Å². The second kappa shape index (κ2) is 3.76. The summed E-state index contributed by atoms with van der Waals surface area (Å²) in [4.78, 5) is 1.45. The lowest BCUT2D eigenvalue weighted by Gasteiger charge is -2.19. The van der Waals surface area contributed by atoms with Crippen molar-refractivity contribution in [3.8, 4) is 0 Å². The minimum absolute atomic E-state index is 1.11. The Kier molecular flexibility index (Phi) is 2.18. The summed E-state index contributed by atoms with van der Waals surface area (Å²) in [5.41, 5.74) is 8.93. The van der Waals surface area contributed by atoms with E-state index in [9.17, 15) is 0 Å². The van der Waals surface area contributed by atoms with Gasteiger partial charge in [-0.1, -0.05) is 42.0 Å². The van der Waals surface area contributed by atoms with Gasteiger partial charge in [-0.3, -0.25) is 0 Å². The monoisotopic (exact) mass is 250 g/mol. The first-order valence-electron chi connectivity index (χ1n) is 6.37. The molecular formula is C17H14S. The average molecular weight is 250 g/mol. The van der Waals surface area contributed by atoms with E-state index in [0.29, 0.717) is 0 Å². The van der Waals surface area contributed by atoms with Crippen LogP contribution >= 0.6 is 11.8 Å². The number of thioether (sulfide) groups is 1. The minimum Gasteiger partial charge on any atom is -0.121 e. The van der Waals surface area contributed by atoms with Gasteiger partial charge in [0.1, 0.15) is 0 Å². The Labute approximate surface area is 112 Å². The van der Waals surface area contributed by atoms with Gasteiger partial charge in [-0.05, 0) is 47.2 Å². The molecule has 2 aromatic rings. The van der Waals surface area contributed by atoms with Crippen LogP contribution in [0.2, 0.25) is 0 Å². The molecule has 1 heteroatoms. The van der Waals surface area contributed by atoms with Crippen molar-refractivity contribution in [2.45, 2.75) is 18.2 Å². The lowest BCUT2D eigenvalue weighted by atomic mass is 9.99. The van der Waals surface area contributed by atoms with E-state index < -0.39 is 0 Å². The van der Waals surface area contributed by atoms with E-state index in [1.165, 1.54) is 27.1 Å². The molecule has 18 heavy (non-hydrogen) atoms. The predicted molar refractivity (Wildman–Crippen MR) is 78.9 cm³/mol. The molecule has 1 aliphatic carbocycles. The van der Waals surface area contributed by atoms with Gasteiger partial charge in [-0.2, -0.15) is 0 Å². The molecule has 2 aliphatic rings. The normalized spacial score (nSPS) is 16.3. The molecule has 0 aromatic heterocycles. The van der Waals surface area contributed by atoms with E-state index in [1.807, 2.05) is 11.8 Å². The van der Waals surface area contributed by atoms with Gasteiger partial charge in [0.15, 0.2) is 0 Å². The Morgan fingerprint density at radius 1 is 0.944 bits per heavy atom. The molecule has 0 saturated heterocycles. The lowest BCUT2D eigenvalue weighted by molar-refractivity contribution is 1.26. The average Bonchev–Trinajstić information content (AvgIpc) is 2.78. The summed E-state index contributed by atoms with van der Waals surface area (Å²) in [5.74, 6) is 1.13. The highest BCUT2D eigenvalue weighted by Gasteiger charge is 2.27. The maximum Gasteiger partial charge on any atom is 0.0241 e. The summed E-state index contributed by atoms with van der Waals surface area (Å²) < 4.78 is 0. The first kappa shape index (κ1) is 10.5. The molecule has 4 rings (SSSR count). The molecule has 0 unspecified atom stereocenters. The van der Waals surface area contributed by atoms with Crippen molar-refractivity contribution in [3.63, 3.8) is 0 Å². The van der Waals surface area contributed by atoms with Crippen molar-refractivity contribution in [1.29, 1.82) is 0 Å². The molecule has 0 fully saturated rings. The Hall–Kier alpha value is -1.47. The van der Waals surface area contributed by atoms with E-state index in [-0.39, 0.29) is 0 Å². The molecule has 0 bridgehead atoms. The summed E-state index contributed by atoms with van der Waals surface area (Å²) in [6.07, 6.45) is 1.11. The van der Waals surface area contributed by atoms with Crippen LogP contribution in [0.3, 0.4) is 0 Å². The van der Waals surface area contributed by atoms with Crippen LogP contribution in [-0.2, 0) is 6.42 Å². The van der Waals surface area contributed by atoms with Crippen LogP contribution in [-0.4, -0.2) is 5.75 Å². The zero-order valence-corrected chi connectivity index (χ0v) is 11.2. The maximum absolute atomic E-state index is 2.35. The van der Waals surface area contributed by atoms with Crippen LogP contribution in [0.5, 0.6) is 0 Å². The van der Waals surface area contributed by atoms with Crippen LogP contribution in [0.25, 0.3) is 11.1 Å². The molecular weight excluding hydrogens is 236 g/mol. The van der Waals surface area contributed by atoms with Crippen molar-refractivity contribution in [2.75, 3.05) is 5.75 Å². The number of hydrogen-bond acceptors (Lipinski definition) is 1. The number of hydrogen-bond donors (Lipinski definition) is 0. The van der Waals surface area contributed by atoms with Gasteiger partial charge in [0.25, 0.3) is 0 Å². The zero-order chi connectivity index (χ0) is 12.1. The molecule has 88 valence electrons. The summed E-state index contributed by atoms with van der Waals surface area (Å²) >= 11 is 1.98. The molecule has 0 saturated carbocycles. The second-order valence-corrected chi connectivity index (χ2v) is 6.10. The first-order chi connectivity index (χ1) is 8.83. The van der Waals surface area contributed by atoms with E-state index >= 15 is 0 Å². The van der Waals surface area contributed by atoms with Gasteiger partial charge >= 0.3 is 0 Å². The smallest absolute Gasteiger partial charge is 0.0241 e. The number of rotatable bonds is 0. The van der Waals surface area contributed by atoms with Crippen LogP contribution in [0.4, 0.5) is 0 Å². The third-order valence-electron chi connectivity index (χ3n) is 3.91. The van der Waals surface area contributed by atoms with Crippen molar-refractivity contribution >= 4 is 22.9 Å². The summed E-state index contributed by atoms with van der Waals surface area (Å²) in [6.45, 7) is 2.18. The van der Waals surface area contributed by atoms with Crippen LogP contribution in [0, 0.1) is 6.92 Å². The quantitative estimate of drug-likeness (QED) is 0.660. The fourth-order valence-corrected chi connectivity index (χ4v) is 4.14. The Balaban J connectivity index is 1.94.